The van der Waals surface area contributed by atoms with Gasteiger partial charge < -0.3 is 14.8 Å². The number of carboxylic acid groups (broad SMARTS) is 1. The van der Waals surface area contributed by atoms with Crippen LogP contribution in [0.4, 0.5) is 0 Å². The van der Waals surface area contributed by atoms with E-state index in [1.807, 2.05) is 18.2 Å². The van der Waals surface area contributed by atoms with Crippen LogP contribution in [0.15, 0.2) is 28.7 Å². The summed E-state index contributed by atoms with van der Waals surface area (Å²) in [6, 6.07) is 7.28. The number of hydrogen-bond acceptors (Lipinski definition) is 3. The topological polar surface area (TPSA) is 62.5 Å². The minimum atomic E-state index is -1.04. The second-order valence-electron chi connectivity index (χ2n) is 4.81. The minimum absolute atomic E-state index is 0.0164. The third kappa shape index (κ3) is 2.90. The number of fused-ring (bicyclic) bond motifs is 1. The molecule has 4 heteroatoms. The maximum absolute atomic E-state index is 10.8. The average Bonchev–Trinajstić information content (AvgIpc) is 2.71. The Hall–Kier alpha value is -1.81. The number of aromatic carboxylic acids is 1. The van der Waals surface area contributed by atoms with Crippen molar-refractivity contribution in [3.8, 4) is 0 Å². The molecule has 0 radical (unpaired) electrons. The molecule has 0 aliphatic rings. The summed E-state index contributed by atoms with van der Waals surface area (Å²) < 4.78 is 5.21. The van der Waals surface area contributed by atoms with Crippen molar-refractivity contribution in [2.24, 2.45) is 5.92 Å². The van der Waals surface area contributed by atoms with Crippen molar-refractivity contribution in [1.29, 1.82) is 0 Å². The van der Waals surface area contributed by atoms with Crippen LogP contribution in [0.1, 0.15) is 30.0 Å². The van der Waals surface area contributed by atoms with Crippen molar-refractivity contribution in [3.05, 3.63) is 35.6 Å². The zero-order chi connectivity index (χ0) is 13.1. The highest BCUT2D eigenvalue weighted by atomic mass is 16.4. The average molecular weight is 247 g/mol. The van der Waals surface area contributed by atoms with Gasteiger partial charge in [-0.25, -0.2) is 4.79 Å². The first-order valence-corrected chi connectivity index (χ1v) is 6.02. The summed E-state index contributed by atoms with van der Waals surface area (Å²) in [6.07, 6.45) is 0. The van der Waals surface area contributed by atoms with Crippen molar-refractivity contribution in [3.63, 3.8) is 0 Å². The standard InChI is InChI=1S/C14H17NO3/c1-9(2)7-15-8-10-3-4-12-11(5-10)6-13(18-12)14(16)17/h3-6,9,15H,7-8H2,1-2H3,(H,16,17). The zero-order valence-electron chi connectivity index (χ0n) is 10.6. The van der Waals surface area contributed by atoms with Crippen molar-refractivity contribution < 1.29 is 14.3 Å². The summed E-state index contributed by atoms with van der Waals surface area (Å²) in [6.45, 7) is 6.06. The number of furan rings is 1. The summed E-state index contributed by atoms with van der Waals surface area (Å²) in [5.74, 6) is -0.441. The first kappa shape index (κ1) is 12.6. The van der Waals surface area contributed by atoms with Crippen LogP contribution in [0.3, 0.4) is 0 Å². The molecular formula is C14H17NO3. The van der Waals surface area contributed by atoms with Gasteiger partial charge in [0.1, 0.15) is 5.58 Å². The molecule has 1 heterocycles. The van der Waals surface area contributed by atoms with Gasteiger partial charge in [-0.3, -0.25) is 0 Å². The Morgan fingerprint density at radius 3 is 2.83 bits per heavy atom. The Balaban J connectivity index is 2.14. The van der Waals surface area contributed by atoms with Crippen LogP contribution in [-0.2, 0) is 6.54 Å². The quantitative estimate of drug-likeness (QED) is 0.852. The van der Waals surface area contributed by atoms with E-state index in [-0.39, 0.29) is 5.76 Å². The lowest BCUT2D eigenvalue weighted by Crippen LogP contribution is -2.18. The Morgan fingerprint density at radius 2 is 2.17 bits per heavy atom. The smallest absolute Gasteiger partial charge is 0.371 e. The first-order valence-electron chi connectivity index (χ1n) is 6.02. The number of rotatable bonds is 5. The molecule has 0 aliphatic heterocycles. The van der Waals surface area contributed by atoms with E-state index in [0.29, 0.717) is 11.5 Å². The number of hydrogen-bond donors (Lipinski definition) is 2. The lowest BCUT2D eigenvalue weighted by Gasteiger charge is -2.07. The molecule has 96 valence electrons. The van der Waals surface area contributed by atoms with E-state index < -0.39 is 5.97 Å². The fraction of sp³-hybridized carbons (Fsp3) is 0.357. The number of carbonyl (C=O) groups is 1. The second-order valence-corrected chi connectivity index (χ2v) is 4.81. The van der Waals surface area contributed by atoms with Crippen molar-refractivity contribution in [2.45, 2.75) is 20.4 Å². The number of carboxylic acids is 1. The van der Waals surface area contributed by atoms with Gasteiger partial charge in [0.15, 0.2) is 0 Å². The van der Waals surface area contributed by atoms with Gasteiger partial charge in [-0.15, -0.1) is 0 Å². The third-order valence-electron chi connectivity index (χ3n) is 2.67. The molecule has 0 fully saturated rings. The molecule has 0 saturated carbocycles. The summed E-state index contributed by atoms with van der Waals surface area (Å²) in [5, 5.41) is 13.0. The van der Waals surface area contributed by atoms with Crippen molar-refractivity contribution >= 4 is 16.9 Å². The lowest BCUT2D eigenvalue weighted by atomic mass is 10.1. The van der Waals surface area contributed by atoms with Crippen LogP contribution < -0.4 is 5.32 Å². The highest BCUT2D eigenvalue weighted by molar-refractivity contribution is 5.91. The second kappa shape index (κ2) is 5.23. The molecule has 0 bridgehead atoms. The highest BCUT2D eigenvalue weighted by Crippen LogP contribution is 2.20. The molecule has 2 N–H and O–H groups in total. The molecule has 0 spiro atoms. The van der Waals surface area contributed by atoms with E-state index in [1.165, 1.54) is 0 Å². The molecule has 1 aromatic heterocycles. The summed E-state index contributed by atoms with van der Waals surface area (Å²) in [7, 11) is 0. The molecule has 18 heavy (non-hydrogen) atoms. The summed E-state index contributed by atoms with van der Waals surface area (Å²) >= 11 is 0. The van der Waals surface area contributed by atoms with Gasteiger partial charge >= 0.3 is 5.97 Å². The minimum Gasteiger partial charge on any atom is -0.475 e. The molecule has 2 rings (SSSR count). The SMILES string of the molecule is CC(C)CNCc1ccc2oc(C(=O)O)cc2c1. The molecule has 0 amide bonds. The van der Waals surface area contributed by atoms with Gasteiger partial charge in [0, 0.05) is 11.9 Å². The van der Waals surface area contributed by atoms with E-state index >= 15 is 0 Å². The van der Waals surface area contributed by atoms with Crippen LogP contribution in [-0.4, -0.2) is 17.6 Å². The molecule has 0 aliphatic carbocycles. The molecule has 2 aromatic rings. The van der Waals surface area contributed by atoms with Gasteiger partial charge in [0.2, 0.25) is 5.76 Å². The van der Waals surface area contributed by atoms with Crippen molar-refractivity contribution in [2.75, 3.05) is 6.54 Å². The van der Waals surface area contributed by atoms with Gasteiger partial charge in [-0.05, 0) is 36.2 Å². The first-order chi connectivity index (χ1) is 8.56. The molecular weight excluding hydrogens is 230 g/mol. The monoisotopic (exact) mass is 247 g/mol. The number of nitrogens with one attached hydrogen (secondary N) is 1. The van der Waals surface area contributed by atoms with Crippen LogP contribution in [0, 0.1) is 5.92 Å². The van der Waals surface area contributed by atoms with E-state index in [9.17, 15) is 4.79 Å². The van der Waals surface area contributed by atoms with Gasteiger partial charge in [0.05, 0.1) is 0 Å². The number of benzene rings is 1. The normalized spacial score (nSPS) is 11.3. The maximum atomic E-state index is 10.8. The summed E-state index contributed by atoms with van der Waals surface area (Å²) in [4.78, 5) is 10.8. The fourth-order valence-electron chi connectivity index (χ4n) is 1.81. The van der Waals surface area contributed by atoms with Gasteiger partial charge in [-0.1, -0.05) is 19.9 Å². The van der Waals surface area contributed by atoms with Crippen LogP contribution in [0.25, 0.3) is 11.0 Å². The Morgan fingerprint density at radius 1 is 1.39 bits per heavy atom. The molecule has 0 unspecified atom stereocenters. The Kier molecular flexibility index (Phi) is 3.67. The predicted molar refractivity (Wildman–Crippen MR) is 69.7 cm³/mol. The molecule has 4 nitrogen and oxygen atoms in total. The zero-order valence-corrected chi connectivity index (χ0v) is 10.6. The van der Waals surface area contributed by atoms with E-state index in [2.05, 4.69) is 19.2 Å². The Bertz CT molecular complexity index is 557. The molecule has 0 atom stereocenters. The molecule has 1 aromatic carbocycles. The maximum Gasteiger partial charge on any atom is 0.371 e. The van der Waals surface area contributed by atoms with Gasteiger partial charge in [0.25, 0.3) is 0 Å². The largest absolute Gasteiger partial charge is 0.475 e. The lowest BCUT2D eigenvalue weighted by molar-refractivity contribution is 0.0665. The van der Waals surface area contributed by atoms with Crippen molar-refractivity contribution in [1.82, 2.24) is 5.32 Å². The van der Waals surface area contributed by atoms with E-state index in [4.69, 9.17) is 9.52 Å². The van der Waals surface area contributed by atoms with E-state index in [0.717, 1.165) is 24.0 Å². The van der Waals surface area contributed by atoms with E-state index in [1.54, 1.807) is 6.07 Å². The third-order valence-corrected chi connectivity index (χ3v) is 2.67. The molecule has 0 saturated heterocycles. The van der Waals surface area contributed by atoms with Crippen LogP contribution >= 0.6 is 0 Å². The predicted octanol–water partition coefficient (Wildman–Crippen LogP) is 2.88. The Labute approximate surface area is 106 Å². The highest BCUT2D eigenvalue weighted by Gasteiger charge is 2.10. The summed E-state index contributed by atoms with van der Waals surface area (Å²) in [5.41, 5.74) is 1.74. The van der Waals surface area contributed by atoms with Gasteiger partial charge in [-0.2, -0.15) is 0 Å². The fourth-order valence-corrected chi connectivity index (χ4v) is 1.81. The van der Waals surface area contributed by atoms with Crippen LogP contribution in [0.2, 0.25) is 0 Å². The van der Waals surface area contributed by atoms with Crippen LogP contribution in [0.5, 0.6) is 0 Å².